The molecule has 0 aliphatic carbocycles. The van der Waals surface area contributed by atoms with Crippen molar-refractivity contribution in [2.24, 2.45) is 7.05 Å². The molecule has 1 fully saturated rings. The zero-order valence-corrected chi connectivity index (χ0v) is 14.2. The van der Waals surface area contributed by atoms with E-state index in [0.29, 0.717) is 17.9 Å². The molecular weight excluding hydrogens is 332 g/mol. The fourth-order valence-electron chi connectivity index (χ4n) is 2.61. The molecule has 8 heteroatoms. The van der Waals surface area contributed by atoms with Gasteiger partial charge in [-0.25, -0.2) is 8.42 Å². The number of rotatable bonds is 3. The van der Waals surface area contributed by atoms with Crippen molar-refractivity contribution in [2.75, 3.05) is 18.1 Å². The number of hydrogen-bond donors (Lipinski definition) is 0. The summed E-state index contributed by atoms with van der Waals surface area (Å²) in [6.45, 7) is 0.448. The first-order valence-electron chi connectivity index (χ1n) is 7.10. The van der Waals surface area contributed by atoms with Crippen LogP contribution in [0.1, 0.15) is 17.2 Å². The van der Waals surface area contributed by atoms with E-state index in [1.165, 1.54) is 16.4 Å². The maximum absolute atomic E-state index is 13.0. The first-order valence-corrected chi connectivity index (χ1v) is 9.70. The van der Waals surface area contributed by atoms with Crippen molar-refractivity contribution in [3.8, 4) is 6.07 Å². The Morgan fingerprint density at radius 3 is 2.96 bits per heavy atom. The molecule has 3 rings (SSSR count). The zero-order valence-electron chi connectivity index (χ0n) is 12.6. The second-order valence-electron chi connectivity index (χ2n) is 5.29. The molecule has 2 aromatic rings. The molecular formula is C15H16N4O2S2. The molecule has 2 heterocycles. The fraction of sp³-hybridized carbons (Fsp3) is 0.333. The van der Waals surface area contributed by atoms with Crippen molar-refractivity contribution in [2.45, 2.75) is 10.9 Å². The van der Waals surface area contributed by atoms with E-state index in [-0.39, 0.29) is 10.9 Å². The molecule has 120 valence electrons. The van der Waals surface area contributed by atoms with Crippen LogP contribution in [0.15, 0.2) is 41.6 Å². The minimum atomic E-state index is -3.65. The lowest BCUT2D eigenvalue weighted by Crippen LogP contribution is -2.40. The minimum Gasteiger partial charge on any atom is -0.275 e. The Bertz CT molecular complexity index is 854. The molecule has 1 aromatic heterocycles. The Hall–Kier alpha value is -1.82. The van der Waals surface area contributed by atoms with Crippen LogP contribution in [-0.2, 0) is 17.1 Å². The van der Waals surface area contributed by atoms with E-state index in [9.17, 15) is 8.42 Å². The number of thioether (sulfide) groups is 1. The normalized spacial score (nSPS) is 19.4. The van der Waals surface area contributed by atoms with E-state index in [2.05, 4.69) is 5.10 Å². The summed E-state index contributed by atoms with van der Waals surface area (Å²) in [5.41, 5.74) is 1.23. The van der Waals surface area contributed by atoms with Gasteiger partial charge >= 0.3 is 0 Å². The number of nitriles is 1. The van der Waals surface area contributed by atoms with Crippen LogP contribution in [0, 0.1) is 11.3 Å². The largest absolute Gasteiger partial charge is 0.275 e. The second kappa shape index (κ2) is 6.35. The highest BCUT2D eigenvalue weighted by atomic mass is 32.2. The molecule has 0 N–H and O–H groups in total. The third-order valence-corrected chi connectivity index (χ3v) is 6.69. The average Bonchev–Trinajstić information content (AvgIpc) is 3.01. The third-order valence-electron chi connectivity index (χ3n) is 3.76. The molecule has 0 amide bonds. The summed E-state index contributed by atoms with van der Waals surface area (Å²) in [6, 6.07) is 7.92. The van der Waals surface area contributed by atoms with E-state index >= 15 is 0 Å². The molecule has 6 nitrogen and oxygen atoms in total. The van der Waals surface area contributed by atoms with Crippen LogP contribution >= 0.6 is 11.8 Å². The van der Waals surface area contributed by atoms with Gasteiger partial charge in [-0.15, -0.1) is 0 Å². The van der Waals surface area contributed by atoms with Crippen molar-refractivity contribution in [1.29, 1.82) is 5.26 Å². The number of nitrogens with zero attached hydrogens (tertiary/aromatic N) is 4. The van der Waals surface area contributed by atoms with Crippen LogP contribution in [0.5, 0.6) is 0 Å². The van der Waals surface area contributed by atoms with Crippen LogP contribution < -0.4 is 0 Å². The summed E-state index contributed by atoms with van der Waals surface area (Å²) in [5, 5.41) is 13.1. The molecule has 0 spiro atoms. The Balaban J connectivity index is 2.00. The van der Waals surface area contributed by atoms with Crippen molar-refractivity contribution in [3.05, 3.63) is 47.8 Å². The fourth-order valence-corrected chi connectivity index (χ4v) is 5.57. The second-order valence-corrected chi connectivity index (χ2v) is 8.33. The molecule has 0 bridgehead atoms. The summed E-state index contributed by atoms with van der Waals surface area (Å²) in [4.78, 5) is 0.164. The van der Waals surface area contributed by atoms with Gasteiger partial charge in [-0.1, -0.05) is 6.07 Å². The number of aryl methyl sites for hydroxylation is 1. The topological polar surface area (TPSA) is 79.0 Å². The predicted molar refractivity (Wildman–Crippen MR) is 88.3 cm³/mol. The van der Waals surface area contributed by atoms with E-state index in [4.69, 9.17) is 5.26 Å². The third kappa shape index (κ3) is 3.13. The lowest BCUT2D eigenvalue weighted by molar-refractivity contribution is 0.355. The molecule has 1 atom stereocenters. The molecule has 1 aromatic carbocycles. The van der Waals surface area contributed by atoms with Gasteiger partial charge in [-0.2, -0.15) is 26.4 Å². The lowest BCUT2D eigenvalue weighted by atomic mass is 10.2. The SMILES string of the molecule is Cn1cc(C2CSCCN2S(=O)(=O)c2cccc(C#N)c2)cn1. The summed E-state index contributed by atoms with van der Waals surface area (Å²) < 4.78 is 29.3. The van der Waals surface area contributed by atoms with E-state index in [1.807, 2.05) is 19.3 Å². The minimum absolute atomic E-state index is 0.164. The van der Waals surface area contributed by atoms with Crippen molar-refractivity contribution in [3.63, 3.8) is 0 Å². The van der Waals surface area contributed by atoms with Crippen LogP contribution in [0.3, 0.4) is 0 Å². The summed E-state index contributed by atoms with van der Waals surface area (Å²) >= 11 is 1.73. The van der Waals surface area contributed by atoms with Gasteiger partial charge in [0.25, 0.3) is 0 Å². The number of sulfonamides is 1. The van der Waals surface area contributed by atoms with Gasteiger partial charge in [0.15, 0.2) is 0 Å². The lowest BCUT2D eigenvalue weighted by Gasteiger charge is -2.33. The van der Waals surface area contributed by atoms with Gasteiger partial charge in [0.1, 0.15) is 0 Å². The smallest absolute Gasteiger partial charge is 0.243 e. The van der Waals surface area contributed by atoms with Crippen molar-refractivity contribution in [1.82, 2.24) is 14.1 Å². The average molecular weight is 348 g/mol. The summed E-state index contributed by atoms with van der Waals surface area (Å²) in [5.74, 6) is 1.46. The Kier molecular flexibility index (Phi) is 4.43. The standard InChI is InChI=1S/C15H16N4O2S2/c1-18-10-13(9-17-18)15-11-22-6-5-19(15)23(20,21)14-4-2-3-12(7-14)8-16/h2-4,7,9-10,15H,5-6,11H2,1H3. The van der Waals surface area contributed by atoms with E-state index in [1.54, 1.807) is 34.8 Å². The highest BCUT2D eigenvalue weighted by Gasteiger charge is 2.35. The van der Waals surface area contributed by atoms with Gasteiger partial charge < -0.3 is 0 Å². The Morgan fingerprint density at radius 1 is 1.43 bits per heavy atom. The van der Waals surface area contributed by atoms with Crippen molar-refractivity contribution < 1.29 is 8.42 Å². The van der Waals surface area contributed by atoms with Gasteiger partial charge in [-0.3, -0.25) is 4.68 Å². The summed E-state index contributed by atoms with van der Waals surface area (Å²) in [6.07, 6.45) is 3.57. The maximum atomic E-state index is 13.0. The number of hydrogen-bond acceptors (Lipinski definition) is 5. The molecule has 1 aliphatic rings. The molecule has 1 unspecified atom stereocenters. The van der Waals surface area contributed by atoms with Crippen LogP contribution in [-0.4, -0.2) is 40.6 Å². The first-order chi connectivity index (χ1) is 11.0. The van der Waals surface area contributed by atoms with Gasteiger partial charge in [0, 0.05) is 36.9 Å². The zero-order chi connectivity index (χ0) is 16.4. The summed E-state index contributed by atoms with van der Waals surface area (Å²) in [7, 11) is -1.84. The van der Waals surface area contributed by atoms with E-state index in [0.717, 1.165) is 11.3 Å². The highest BCUT2D eigenvalue weighted by Crippen LogP contribution is 2.34. The molecule has 0 saturated carbocycles. The molecule has 23 heavy (non-hydrogen) atoms. The Labute approximate surface area is 139 Å². The quantitative estimate of drug-likeness (QED) is 0.845. The maximum Gasteiger partial charge on any atom is 0.243 e. The first kappa shape index (κ1) is 16.1. The van der Waals surface area contributed by atoms with Crippen LogP contribution in [0.25, 0.3) is 0 Å². The van der Waals surface area contributed by atoms with Gasteiger partial charge in [0.2, 0.25) is 10.0 Å². The molecule has 1 aliphatic heterocycles. The number of aromatic nitrogens is 2. The predicted octanol–water partition coefficient (Wildman–Crippen LogP) is 1.77. The van der Waals surface area contributed by atoms with Gasteiger partial charge in [0.05, 0.1) is 28.8 Å². The molecule has 0 radical (unpaired) electrons. The van der Waals surface area contributed by atoms with Crippen molar-refractivity contribution >= 4 is 21.8 Å². The molecule has 1 saturated heterocycles. The monoisotopic (exact) mass is 348 g/mol. The number of benzene rings is 1. The van der Waals surface area contributed by atoms with E-state index < -0.39 is 10.0 Å². The van der Waals surface area contributed by atoms with Crippen LogP contribution in [0.2, 0.25) is 0 Å². The Morgan fingerprint density at radius 2 is 2.26 bits per heavy atom. The van der Waals surface area contributed by atoms with Gasteiger partial charge in [-0.05, 0) is 18.2 Å². The highest BCUT2D eigenvalue weighted by molar-refractivity contribution is 7.99. The van der Waals surface area contributed by atoms with Crippen LogP contribution in [0.4, 0.5) is 0 Å².